The average molecular weight is 677 g/mol. The van der Waals surface area contributed by atoms with E-state index in [4.69, 9.17) is 14.2 Å². The highest BCUT2D eigenvalue weighted by Crippen LogP contribution is 2.67. The Morgan fingerprint density at radius 1 is 1.07 bits per heavy atom. The molecule has 9 atom stereocenters. The summed E-state index contributed by atoms with van der Waals surface area (Å²) in [4.78, 5) is 37.3. The highest BCUT2D eigenvalue weighted by atomic mass is 127. The lowest BCUT2D eigenvalue weighted by molar-refractivity contribution is -0.177. The van der Waals surface area contributed by atoms with Crippen molar-refractivity contribution in [2.45, 2.75) is 97.7 Å². The van der Waals surface area contributed by atoms with Crippen LogP contribution in [-0.2, 0) is 23.8 Å². The average Bonchev–Trinajstić information content (AvgIpc) is 3.29. The minimum absolute atomic E-state index is 0.0294. The molecule has 0 aliphatic heterocycles. The second kappa shape index (κ2) is 12.0. The van der Waals surface area contributed by atoms with Crippen molar-refractivity contribution in [2.24, 2.45) is 40.4 Å². The quantitative estimate of drug-likeness (QED) is 0.129. The third kappa shape index (κ3) is 5.85. The highest BCUT2D eigenvalue weighted by Gasteiger charge is 2.62. The zero-order valence-corrected chi connectivity index (χ0v) is 27.3. The van der Waals surface area contributed by atoms with E-state index in [1.807, 2.05) is 24.3 Å². The van der Waals surface area contributed by atoms with Crippen molar-refractivity contribution >= 4 is 40.5 Å². The Morgan fingerprint density at radius 2 is 1.85 bits per heavy atom. The number of esters is 3. The van der Waals surface area contributed by atoms with E-state index in [1.165, 1.54) is 19.6 Å². The number of hydrogen-bond donors (Lipinski definition) is 0. The Kier molecular flexibility index (Phi) is 8.94. The predicted octanol–water partition coefficient (Wildman–Crippen LogP) is 7.53. The number of halogens is 1. The molecule has 0 heterocycles. The molecule has 0 N–H and O–H groups in total. The second-order valence-corrected chi connectivity index (χ2v) is 14.8. The van der Waals surface area contributed by atoms with E-state index in [9.17, 15) is 14.4 Å². The number of rotatable bonds is 7. The van der Waals surface area contributed by atoms with Gasteiger partial charge < -0.3 is 14.2 Å². The van der Waals surface area contributed by atoms with Gasteiger partial charge in [0.2, 0.25) is 0 Å². The van der Waals surface area contributed by atoms with Crippen LogP contribution in [0.4, 0.5) is 0 Å². The molecule has 2 unspecified atom stereocenters. The van der Waals surface area contributed by atoms with Gasteiger partial charge >= 0.3 is 17.9 Å². The number of carbonyl (C=O) groups is 3. The van der Waals surface area contributed by atoms with Gasteiger partial charge in [0, 0.05) is 22.8 Å². The molecule has 5 rings (SSSR count). The molecule has 7 heteroatoms. The molecule has 0 radical (unpaired) electrons. The molecule has 4 aliphatic carbocycles. The molecule has 3 fully saturated rings. The van der Waals surface area contributed by atoms with Crippen LogP contribution in [0.3, 0.4) is 0 Å². The van der Waals surface area contributed by atoms with Crippen LogP contribution in [-0.4, -0.2) is 37.2 Å². The molecule has 0 bridgehead atoms. The summed E-state index contributed by atoms with van der Waals surface area (Å²) in [6, 6.07) is 7.63. The lowest BCUT2D eigenvalue weighted by Crippen LogP contribution is -2.59. The van der Waals surface area contributed by atoms with Gasteiger partial charge in [0.1, 0.15) is 12.2 Å². The summed E-state index contributed by atoms with van der Waals surface area (Å²) in [5.74, 6) is 1.15. The number of fused-ring (bicyclic) bond motifs is 5. The molecule has 3 saturated carbocycles. The minimum Gasteiger partial charge on any atom is -0.469 e. The van der Waals surface area contributed by atoms with Crippen LogP contribution in [0, 0.1) is 44.0 Å². The summed E-state index contributed by atoms with van der Waals surface area (Å²) in [6.07, 6.45) is 10.2. The third-order valence-electron chi connectivity index (χ3n) is 11.4. The first-order valence-corrected chi connectivity index (χ1v) is 16.4. The lowest BCUT2D eigenvalue weighted by atomic mass is 9.43. The molecule has 224 valence electrons. The zero-order chi connectivity index (χ0) is 29.5. The van der Waals surface area contributed by atoms with Crippen LogP contribution in [0.5, 0.6) is 0 Å². The summed E-state index contributed by atoms with van der Waals surface area (Å²) in [5.41, 5.74) is 2.23. The molecule has 0 saturated heterocycles. The lowest BCUT2D eigenvalue weighted by Gasteiger charge is -2.62. The van der Waals surface area contributed by atoms with E-state index in [1.54, 1.807) is 0 Å². The topological polar surface area (TPSA) is 78.9 Å². The Labute approximate surface area is 258 Å². The minimum atomic E-state index is -0.242. The smallest absolute Gasteiger partial charge is 0.338 e. The summed E-state index contributed by atoms with van der Waals surface area (Å²) >= 11 is 2.24. The SMILES string of the molecule is COC(=O)CC[C@@H](C)C1=CC[C@H]2C3C(CC[C@]12C)[C@@]1(C)CC[C@@H](OC(C)=O)C[C@H]1C[C@H]3OC(=O)c1cccc(I)c1. The van der Waals surface area contributed by atoms with Gasteiger partial charge in [-0.2, -0.15) is 0 Å². The number of hydrogen-bond acceptors (Lipinski definition) is 6. The van der Waals surface area contributed by atoms with Crippen molar-refractivity contribution in [2.75, 3.05) is 7.11 Å². The van der Waals surface area contributed by atoms with Gasteiger partial charge in [-0.25, -0.2) is 4.79 Å². The predicted molar refractivity (Wildman–Crippen MR) is 165 cm³/mol. The maximum absolute atomic E-state index is 13.6. The van der Waals surface area contributed by atoms with E-state index in [0.717, 1.165) is 54.9 Å². The molecule has 6 nitrogen and oxygen atoms in total. The van der Waals surface area contributed by atoms with Crippen molar-refractivity contribution < 1.29 is 28.6 Å². The summed E-state index contributed by atoms with van der Waals surface area (Å²) in [7, 11) is 1.45. The molecule has 1 aromatic carbocycles. The molecule has 4 aliphatic rings. The van der Waals surface area contributed by atoms with E-state index in [0.29, 0.717) is 35.7 Å². The monoisotopic (exact) mass is 676 g/mol. The third-order valence-corrected chi connectivity index (χ3v) is 12.1. The summed E-state index contributed by atoms with van der Waals surface area (Å²) in [5, 5.41) is 0. The van der Waals surface area contributed by atoms with Crippen LogP contribution in [0.25, 0.3) is 0 Å². The van der Waals surface area contributed by atoms with Crippen LogP contribution in [0.2, 0.25) is 0 Å². The van der Waals surface area contributed by atoms with Gasteiger partial charge in [0.15, 0.2) is 0 Å². The van der Waals surface area contributed by atoms with E-state index >= 15 is 0 Å². The van der Waals surface area contributed by atoms with Crippen LogP contribution >= 0.6 is 22.6 Å². The van der Waals surface area contributed by atoms with E-state index in [-0.39, 0.29) is 46.9 Å². The number of methoxy groups -OCH3 is 1. The van der Waals surface area contributed by atoms with Crippen molar-refractivity contribution in [3.05, 3.63) is 45.0 Å². The molecule has 0 aromatic heterocycles. The Balaban J connectivity index is 1.44. The molecule has 0 spiro atoms. The van der Waals surface area contributed by atoms with Gasteiger partial charge in [-0.3, -0.25) is 9.59 Å². The first-order valence-electron chi connectivity index (χ1n) is 15.4. The number of ether oxygens (including phenoxy) is 3. The number of allylic oxidation sites excluding steroid dienone is 2. The van der Waals surface area contributed by atoms with Crippen LogP contribution in [0.1, 0.15) is 95.8 Å². The standard InChI is InChI=1S/C34H45IO6/c1-20(9-12-30(37)39-5)26-10-11-27-31-28(14-16-34(26,27)4)33(3)15-13-25(40-21(2)36)18-23(33)19-29(31)41-32(38)22-7-6-8-24(35)17-22/h6-8,10,17,20,23,25,27-29,31H,9,11-16,18-19H2,1-5H3/t20-,23+,25-,27+,28?,29-,31?,33+,34-/m1/s1. The fraction of sp³-hybridized carbons (Fsp3) is 0.676. The molecule has 0 amide bonds. The fourth-order valence-corrected chi connectivity index (χ4v) is 9.95. The molecule has 41 heavy (non-hydrogen) atoms. The normalized spacial score (nSPS) is 36.6. The van der Waals surface area contributed by atoms with E-state index < -0.39 is 0 Å². The van der Waals surface area contributed by atoms with Crippen LogP contribution in [0.15, 0.2) is 35.9 Å². The Bertz CT molecular complexity index is 1210. The van der Waals surface area contributed by atoms with Gasteiger partial charge in [-0.05, 0) is 127 Å². The maximum atomic E-state index is 13.6. The van der Waals surface area contributed by atoms with Crippen molar-refractivity contribution in [1.29, 1.82) is 0 Å². The van der Waals surface area contributed by atoms with Crippen molar-refractivity contribution in [1.82, 2.24) is 0 Å². The second-order valence-electron chi connectivity index (χ2n) is 13.6. The zero-order valence-electron chi connectivity index (χ0n) is 25.1. The number of carbonyl (C=O) groups excluding carboxylic acids is 3. The van der Waals surface area contributed by atoms with Crippen molar-refractivity contribution in [3.63, 3.8) is 0 Å². The van der Waals surface area contributed by atoms with E-state index in [2.05, 4.69) is 49.4 Å². The Hall–Kier alpha value is -1.90. The summed E-state index contributed by atoms with van der Waals surface area (Å²) < 4.78 is 18.2. The van der Waals surface area contributed by atoms with Gasteiger partial charge in [0.25, 0.3) is 0 Å². The van der Waals surface area contributed by atoms with Gasteiger partial charge in [-0.1, -0.05) is 38.5 Å². The number of benzene rings is 1. The van der Waals surface area contributed by atoms with Crippen molar-refractivity contribution in [3.8, 4) is 0 Å². The highest BCUT2D eigenvalue weighted by molar-refractivity contribution is 14.1. The van der Waals surface area contributed by atoms with Crippen LogP contribution < -0.4 is 0 Å². The fourth-order valence-electron chi connectivity index (χ4n) is 9.41. The maximum Gasteiger partial charge on any atom is 0.338 e. The largest absolute Gasteiger partial charge is 0.469 e. The molecular weight excluding hydrogens is 631 g/mol. The van der Waals surface area contributed by atoms with Gasteiger partial charge in [0.05, 0.1) is 12.7 Å². The summed E-state index contributed by atoms with van der Waals surface area (Å²) in [6.45, 7) is 8.63. The Morgan fingerprint density at radius 3 is 2.56 bits per heavy atom. The molecule has 1 aromatic rings. The first-order chi connectivity index (χ1) is 19.5. The first kappa shape index (κ1) is 30.6. The van der Waals surface area contributed by atoms with Gasteiger partial charge in [-0.15, -0.1) is 0 Å². The molecular formula is C34H45IO6.